The van der Waals surface area contributed by atoms with E-state index in [-0.39, 0.29) is 0 Å². The quantitative estimate of drug-likeness (QED) is 0.411. The third-order valence-corrected chi connectivity index (χ3v) is 6.01. The van der Waals surface area contributed by atoms with E-state index in [0.717, 1.165) is 87.8 Å². The third kappa shape index (κ3) is 6.51. The Kier molecular flexibility index (Phi) is 8.71. The van der Waals surface area contributed by atoms with E-state index in [1.54, 1.807) is 0 Å². The van der Waals surface area contributed by atoms with Crippen LogP contribution in [0.5, 0.6) is 0 Å². The number of morpholine rings is 1. The second-order valence-corrected chi connectivity index (χ2v) is 8.43. The Balaban J connectivity index is 1.46. The molecule has 5 nitrogen and oxygen atoms in total. The summed E-state index contributed by atoms with van der Waals surface area (Å²) in [5, 5.41) is 4.89. The molecule has 2 heterocycles. The van der Waals surface area contributed by atoms with Crippen LogP contribution in [0.1, 0.15) is 25.3 Å². The molecular formula is C21H32Cl2N4O. The fraction of sp³-hybridized carbons (Fsp3) is 0.667. The number of halogens is 2. The summed E-state index contributed by atoms with van der Waals surface area (Å²) >= 11 is 12.2. The standard InChI is InChI=1S/C21H32Cl2N4O/c1-2-24-21(25-8-3-4-18-5-6-19(22)14-20(18)23)27-9-7-17(16-27)15-26-10-12-28-13-11-26/h5-6,14,17H,2-4,7-13,15-16H2,1H3,(H,24,25). The molecule has 1 aromatic rings. The van der Waals surface area contributed by atoms with Gasteiger partial charge in [-0.1, -0.05) is 29.3 Å². The SMILES string of the molecule is CCNC(=NCCCc1ccc(Cl)cc1Cl)N1CCC(CN2CCOCC2)C1. The number of hydrogen-bond acceptors (Lipinski definition) is 3. The molecule has 1 N–H and O–H groups in total. The lowest BCUT2D eigenvalue weighted by Crippen LogP contribution is -2.42. The predicted octanol–water partition coefficient (Wildman–Crippen LogP) is 3.55. The Bertz CT molecular complexity index is 649. The van der Waals surface area contributed by atoms with E-state index in [2.05, 4.69) is 22.0 Å². The Morgan fingerprint density at radius 2 is 2.07 bits per heavy atom. The van der Waals surface area contributed by atoms with Crippen molar-refractivity contribution in [3.63, 3.8) is 0 Å². The van der Waals surface area contributed by atoms with Crippen LogP contribution in [-0.2, 0) is 11.2 Å². The van der Waals surface area contributed by atoms with Crippen LogP contribution in [0.3, 0.4) is 0 Å². The molecule has 0 saturated carbocycles. The van der Waals surface area contributed by atoms with Gasteiger partial charge in [0.05, 0.1) is 13.2 Å². The zero-order valence-electron chi connectivity index (χ0n) is 16.8. The molecule has 2 aliphatic heterocycles. The minimum atomic E-state index is 0.682. The molecule has 156 valence electrons. The minimum absolute atomic E-state index is 0.682. The third-order valence-electron chi connectivity index (χ3n) is 5.42. The molecule has 7 heteroatoms. The average Bonchev–Trinajstić information content (AvgIpc) is 3.15. The molecular weight excluding hydrogens is 395 g/mol. The second-order valence-electron chi connectivity index (χ2n) is 7.59. The lowest BCUT2D eigenvalue weighted by atomic mass is 10.1. The van der Waals surface area contributed by atoms with Crippen molar-refractivity contribution in [1.29, 1.82) is 0 Å². The largest absolute Gasteiger partial charge is 0.379 e. The van der Waals surface area contributed by atoms with Crippen LogP contribution in [0.15, 0.2) is 23.2 Å². The summed E-state index contributed by atoms with van der Waals surface area (Å²) in [4.78, 5) is 9.83. The molecule has 1 unspecified atom stereocenters. The van der Waals surface area contributed by atoms with Gasteiger partial charge < -0.3 is 15.0 Å². The van der Waals surface area contributed by atoms with Gasteiger partial charge >= 0.3 is 0 Å². The molecule has 28 heavy (non-hydrogen) atoms. The number of aliphatic imine (C=N–C) groups is 1. The van der Waals surface area contributed by atoms with Crippen LogP contribution in [0.25, 0.3) is 0 Å². The normalized spacial score (nSPS) is 21.3. The smallest absolute Gasteiger partial charge is 0.193 e. The van der Waals surface area contributed by atoms with Crippen molar-refractivity contribution in [1.82, 2.24) is 15.1 Å². The summed E-state index contributed by atoms with van der Waals surface area (Å²) in [5.41, 5.74) is 1.14. The van der Waals surface area contributed by atoms with E-state index in [4.69, 9.17) is 32.9 Å². The van der Waals surface area contributed by atoms with Gasteiger partial charge in [0, 0.05) is 55.9 Å². The molecule has 3 rings (SSSR count). The van der Waals surface area contributed by atoms with E-state index in [9.17, 15) is 0 Å². The highest BCUT2D eigenvalue weighted by molar-refractivity contribution is 6.35. The maximum Gasteiger partial charge on any atom is 0.193 e. The number of aryl methyl sites for hydroxylation is 1. The van der Waals surface area contributed by atoms with Crippen LogP contribution in [0.4, 0.5) is 0 Å². The minimum Gasteiger partial charge on any atom is -0.379 e. The van der Waals surface area contributed by atoms with Gasteiger partial charge in [-0.3, -0.25) is 9.89 Å². The van der Waals surface area contributed by atoms with Crippen LogP contribution in [0, 0.1) is 5.92 Å². The van der Waals surface area contributed by atoms with Crippen molar-refractivity contribution >= 4 is 29.2 Å². The van der Waals surface area contributed by atoms with E-state index in [0.29, 0.717) is 5.02 Å². The zero-order valence-corrected chi connectivity index (χ0v) is 18.3. The van der Waals surface area contributed by atoms with Crippen molar-refractivity contribution in [3.8, 4) is 0 Å². The molecule has 0 aliphatic carbocycles. The monoisotopic (exact) mass is 426 g/mol. The van der Waals surface area contributed by atoms with Crippen molar-refractivity contribution in [2.45, 2.75) is 26.2 Å². The van der Waals surface area contributed by atoms with Gasteiger partial charge in [-0.25, -0.2) is 0 Å². The zero-order chi connectivity index (χ0) is 19.8. The number of guanidine groups is 1. The highest BCUT2D eigenvalue weighted by Crippen LogP contribution is 2.22. The lowest BCUT2D eigenvalue weighted by molar-refractivity contribution is 0.0315. The molecule has 0 radical (unpaired) electrons. The fourth-order valence-electron chi connectivity index (χ4n) is 3.93. The number of benzene rings is 1. The average molecular weight is 427 g/mol. The molecule has 2 aliphatic rings. The van der Waals surface area contributed by atoms with Gasteiger partial charge in [0.15, 0.2) is 5.96 Å². The van der Waals surface area contributed by atoms with Gasteiger partial charge in [0.1, 0.15) is 0 Å². The van der Waals surface area contributed by atoms with Gasteiger partial charge in [0.25, 0.3) is 0 Å². The highest BCUT2D eigenvalue weighted by Gasteiger charge is 2.27. The number of hydrogen-bond donors (Lipinski definition) is 1. The number of nitrogens with zero attached hydrogens (tertiary/aromatic N) is 3. The van der Waals surface area contributed by atoms with Gasteiger partial charge in [0.2, 0.25) is 0 Å². The summed E-state index contributed by atoms with van der Waals surface area (Å²) in [6, 6.07) is 5.72. The summed E-state index contributed by atoms with van der Waals surface area (Å²) in [6.07, 6.45) is 3.13. The Morgan fingerprint density at radius 1 is 1.25 bits per heavy atom. The van der Waals surface area contributed by atoms with Crippen molar-refractivity contribution < 1.29 is 4.74 Å². The van der Waals surface area contributed by atoms with Crippen molar-refractivity contribution in [2.24, 2.45) is 10.9 Å². The van der Waals surface area contributed by atoms with Crippen LogP contribution in [-0.4, -0.2) is 74.8 Å². The van der Waals surface area contributed by atoms with Crippen LogP contribution >= 0.6 is 23.2 Å². The van der Waals surface area contributed by atoms with Crippen molar-refractivity contribution in [3.05, 3.63) is 33.8 Å². The number of ether oxygens (including phenoxy) is 1. The van der Waals surface area contributed by atoms with Crippen LogP contribution < -0.4 is 5.32 Å². The maximum absolute atomic E-state index is 6.27. The molecule has 0 amide bonds. The summed E-state index contributed by atoms with van der Waals surface area (Å²) in [7, 11) is 0. The number of nitrogens with one attached hydrogen (secondary N) is 1. The maximum atomic E-state index is 6.27. The van der Waals surface area contributed by atoms with E-state index in [1.165, 1.54) is 13.0 Å². The molecule has 2 saturated heterocycles. The van der Waals surface area contributed by atoms with Crippen molar-refractivity contribution in [2.75, 3.05) is 59.0 Å². The molecule has 0 bridgehead atoms. The predicted molar refractivity (Wildman–Crippen MR) is 118 cm³/mol. The van der Waals surface area contributed by atoms with E-state index < -0.39 is 0 Å². The van der Waals surface area contributed by atoms with E-state index in [1.807, 2.05) is 18.2 Å². The van der Waals surface area contributed by atoms with E-state index >= 15 is 0 Å². The van der Waals surface area contributed by atoms with Gasteiger partial charge in [-0.05, 0) is 49.8 Å². The first-order valence-corrected chi connectivity index (χ1v) is 11.2. The molecule has 1 aromatic carbocycles. The number of likely N-dealkylation sites (tertiary alicyclic amines) is 1. The Hall–Kier alpha value is -1.01. The fourth-order valence-corrected chi connectivity index (χ4v) is 4.43. The number of rotatable bonds is 7. The Morgan fingerprint density at radius 3 is 2.82 bits per heavy atom. The van der Waals surface area contributed by atoms with Gasteiger partial charge in [-0.2, -0.15) is 0 Å². The topological polar surface area (TPSA) is 40.1 Å². The lowest BCUT2D eigenvalue weighted by Gasteiger charge is -2.29. The molecule has 2 fully saturated rings. The molecule has 0 aromatic heterocycles. The first kappa shape index (κ1) is 21.7. The second kappa shape index (κ2) is 11.2. The molecule has 0 spiro atoms. The molecule has 1 atom stereocenters. The van der Waals surface area contributed by atoms with Gasteiger partial charge in [-0.15, -0.1) is 0 Å². The van der Waals surface area contributed by atoms with Crippen LogP contribution in [0.2, 0.25) is 10.0 Å². The first-order chi connectivity index (χ1) is 13.7. The summed E-state index contributed by atoms with van der Waals surface area (Å²) < 4.78 is 5.46. The first-order valence-electron chi connectivity index (χ1n) is 10.4. The highest BCUT2D eigenvalue weighted by atomic mass is 35.5. The summed E-state index contributed by atoms with van der Waals surface area (Å²) in [6.45, 7) is 11.1. The summed E-state index contributed by atoms with van der Waals surface area (Å²) in [5.74, 6) is 1.77. The Labute approximate surface area is 179 Å².